The van der Waals surface area contributed by atoms with E-state index in [9.17, 15) is 9.90 Å². The number of aromatic hydroxyl groups is 1. The van der Waals surface area contributed by atoms with Crippen molar-refractivity contribution in [2.24, 2.45) is 0 Å². The van der Waals surface area contributed by atoms with Crippen molar-refractivity contribution in [3.63, 3.8) is 0 Å². The summed E-state index contributed by atoms with van der Waals surface area (Å²) in [7, 11) is 0. The van der Waals surface area contributed by atoms with Gasteiger partial charge in [-0.15, -0.1) is 0 Å². The second-order valence-corrected chi connectivity index (χ2v) is 6.31. The monoisotopic (exact) mass is 405 g/mol. The van der Waals surface area contributed by atoms with Crippen LogP contribution in [0.25, 0.3) is 0 Å². The highest BCUT2D eigenvalue weighted by molar-refractivity contribution is 9.12. The zero-order chi connectivity index (χ0) is 14.0. The van der Waals surface area contributed by atoms with Gasteiger partial charge in [-0.1, -0.05) is 49.5 Å². The summed E-state index contributed by atoms with van der Waals surface area (Å²) < 4.78 is 1.62. The summed E-state index contributed by atoms with van der Waals surface area (Å²) >= 11 is 12.7. The van der Waals surface area contributed by atoms with Crippen molar-refractivity contribution < 1.29 is 9.90 Å². The summed E-state index contributed by atoms with van der Waals surface area (Å²) in [6, 6.07) is 4.43. The van der Waals surface area contributed by atoms with E-state index in [0.29, 0.717) is 11.5 Å². The fourth-order valence-corrected chi connectivity index (χ4v) is 2.88. The Balaban J connectivity index is 2.14. The molecule has 1 unspecified atom stereocenters. The fraction of sp³-hybridized carbons (Fsp3) is 0.154. The maximum absolute atomic E-state index is 12.1. The second-order valence-electron chi connectivity index (χ2n) is 4.04. The normalized spacial score (nSPS) is 18.6. The van der Waals surface area contributed by atoms with E-state index in [1.54, 1.807) is 18.2 Å². The Morgan fingerprint density at radius 2 is 2.16 bits per heavy atom. The zero-order valence-electron chi connectivity index (χ0n) is 9.66. The van der Waals surface area contributed by atoms with E-state index in [1.807, 2.05) is 6.08 Å². The predicted octanol–water partition coefficient (Wildman–Crippen LogP) is 4.06. The molecule has 0 radical (unpaired) electrons. The molecular weight excluding hydrogens is 397 g/mol. The van der Waals surface area contributed by atoms with Gasteiger partial charge in [-0.25, -0.2) is 0 Å². The van der Waals surface area contributed by atoms with Gasteiger partial charge in [-0.2, -0.15) is 0 Å². The van der Waals surface area contributed by atoms with Gasteiger partial charge in [0.25, 0.3) is 5.91 Å². The smallest absolute Gasteiger partial charge is 0.255 e. The summed E-state index contributed by atoms with van der Waals surface area (Å²) in [6.45, 7) is 0. The molecule has 0 bridgehead atoms. The third kappa shape index (κ3) is 3.61. The lowest BCUT2D eigenvalue weighted by Crippen LogP contribution is -2.35. The quantitative estimate of drug-likeness (QED) is 0.777. The van der Waals surface area contributed by atoms with Gasteiger partial charge in [0.15, 0.2) is 0 Å². The average Bonchev–Trinajstić information content (AvgIpc) is 2.35. The van der Waals surface area contributed by atoms with Crippen LogP contribution in [0.15, 0.2) is 44.3 Å². The number of benzene rings is 1. The third-order valence-electron chi connectivity index (χ3n) is 2.67. The minimum absolute atomic E-state index is 0.0617. The summed E-state index contributed by atoms with van der Waals surface area (Å²) in [5, 5.41) is 13.0. The molecule has 1 amide bonds. The Morgan fingerprint density at radius 3 is 2.84 bits per heavy atom. The zero-order valence-corrected chi connectivity index (χ0v) is 13.6. The van der Waals surface area contributed by atoms with Crippen LogP contribution in [0.2, 0.25) is 0 Å². The van der Waals surface area contributed by atoms with Gasteiger partial charge in [0.1, 0.15) is 5.75 Å². The lowest BCUT2D eigenvalue weighted by atomic mass is 10.1. The molecule has 0 saturated carbocycles. The first-order valence-electron chi connectivity index (χ1n) is 5.49. The average molecular weight is 407 g/mol. The first-order valence-corrected chi connectivity index (χ1v) is 7.46. The van der Waals surface area contributed by atoms with E-state index in [1.165, 1.54) is 6.07 Å². The molecule has 0 fully saturated rings. The number of allylic oxidation sites excluding steroid dienone is 2. The summed E-state index contributed by atoms with van der Waals surface area (Å²) in [5.41, 5.74) is 0.215. The molecule has 2 rings (SSSR count). The van der Waals surface area contributed by atoms with Gasteiger partial charge in [0, 0.05) is 14.0 Å². The number of nitrogens with one attached hydrogen (secondary N) is 1. The Labute approximate surface area is 132 Å². The van der Waals surface area contributed by atoms with E-state index >= 15 is 0 Å². The standard InChI is InChI=1S/C13H10Br2ClNO2/c14-7-2-4-12(18)9(5-7)13(19)17-11-3-1-8(15)6-10(11)16/h1-2,4-6,11,18H,3H2,(H,17,19). The van der Waals surface area contributed by atoms with E-state index in [2.05, 4.69) is 37.2 Å². The molecule has 1 aliphatic rings. The van der Waals surface area contributed by atoms with E-state index in [-0.39, 0.29) is 23.3 Å². The molecule has 0 spiro atoms. The lowest BCUT2D eigenvalue weighted by Gasteiger charge is -2.20. The van der Waals surface area contributed by atoms with Crippen LogP contribution in [-0.4, -0.2) is 17.1 Å². The number of hydrogen-bond acceptors (Lipinski definition) is 2. The Hall–Kier alpha value is -0.780. The van der Waals surface area contributed by atoms with Crippen LogP contribution >= 0.6 is 43.5 Å². The number of rotatable bonds is 2. The van der Waals surface area contributed by atoms with E-state index in [0.717, 1.165) is 8.96 Å². The Morgan fingerprint density at radius 1 is 1.42 bits per heavy atom. The summed E-state index contributed by atoms with van der Waals surface area (Å²) in [6.07, 6.45) is 4.28. The first kappa shape index (κ1) is 14.6. The van der Waals surface area contributed by atoms with Gasteiger partial charge in [0.2, 0.25) is 0 Å². The van der Waals surface area contributed by atoms with Crippen molar-refractivity contribution in [3.8, 4) is 5.75 Å². The number of phenols is 1. The Bertz CT molecular complexity index is 584. The molecule has 6 heteroatoms. The van der Waals surface area contributed by atoms with Crippen molar-refractivity contribution in [2.75, 3.05) is 0 Å². The van der Waals surface area contributed by atoms with Crippen molar-refractivity contribution in [1.29, 1.82) is 0 Å². The van der Waals surface area contributed by atoms with Crippen molar-refractivity contribution in [3.05, 3.63) is 49.9 Å². The highest BCUT2D eigenvalue weighted by Gasteiger charge is 2.20. The van der Waals surface area contributed by atoms with E-state index < -0.39 is 0 Å². The summed E-state index contributed by atoms with van der Waals surface area (Å²) in [4.78, 5) is 12.1. The number of hydrogen-bond donors (Lipinski definition) is 2. The van der Waals surface area contributed by atoms with Gasteiger partial charge < -0.3 is 10.4 Å². The lowest BCUT2D eigenvalue weighted by molar-refractivity contribution is 0.0941. The molecule has 0 aromatic heterocycles. The summed E-state index contributed by atoms with van der Waals surface area (Å²) in [5.74, 6) is -0.421. The van der Waals surface area contributed by atoms with Crippen LogP contribution in [-0.2, 0) is 0 Å². The molecule has 0 aliphatic heterocycles. The van der Waals surface area contributed by atoms with Crippen molar-refractivity contribution >= 4 is 49.4 Å². The molecule has 19 heavy (non-hydrogen) atoms. The molecule has 2 N–H and O–H groups in total. The number of carbonyl (C=O) groups excluding carboxylic acids is 1. The number of amides is 1. The minimum Gasteiger partial charge on any atom is -0.507 e. The Kier molecular flexibility index (Phi) is 4.71. The molecular formula is C13H10Br2ClNO2. The number of carbonyl (C=O) groups is 1. The molecule has 0 heterocycles. The second kappa shape index (κ2) is 6.11. The van der Waals surface area contributed by atoms with Gasteiger partial charge in [0.05, 0.1) is 11.6 Å². The number of phenolic OH excluding ortho intramolecular Hbond substituents is 1. The SMILES string of the molecule is O=C(NC1CC=C(Br)C=C1Cl)c1cc(Br)ccc1O. The fourth-order valence-electron chi connectivity index (χ4n) is 1.69. The molecule has 1 atom stereocenters. The van der Waals surface area contributed by atoms with Crippen molar-refractivity contribution in [2.45, 2.75) is 12.5 Å². The highest BCUT2D eigenvalue weighted by Crippen LogP contribution is 2.26. The van der Waals surface area contributed by atoms with Crippen LogP contribution < -0.4 is 5.32 Å². The molecule has 0 saturated heterocycles. The largest absolute Gasteiger partial charge is 0.507 e. The maximum atomic E-state index is 12.1. The maximum Gasteiger partial charge on any atom is 0.255 e. The van der Waals surface area contributed by atoms with Crippen LogP contribution in [0.5, 0.6) is 5.75 Å². The predicted molar refractivity (Wildman–Crippen MR) is 82.6 cm³/mol. The molecule has 1 aromatic carbocycles. The molecule has 3 nitrogen and oxygen atoms in total. The molecule has 100 valence electrons. The van der Waals surface area contributed by atoms with Crippen molar-refractivity contribution in [1.82, 2.24) is 5.32 Å². The van der Waals surface area contributed by atoms with Crippen LogP contribution in [0, 0.1) is 0 Å². The van der Waals surface area contributed by atoms with Crippen LogP contribution in [0.3, 0.4) is 0 Å². The van der Waals surface area contributed by atoms with E-state index in [4.69, 9.17) is 11.6 Å². The highest BCUT2D eigenvalue weighted by atomic mass is 79.9. The molecule has 1 aliphatic carbocycles. The van der Waals surface area contributed by atoms with Gasteiger partial charge in [-0.05, 0) is 30.7 Å². The van der Waals surface area contributed by atoms with Gasteiger partial charge >= 0.3 is 0 Å². The third-order valence-corrected chi connectivity index (χ3v) is 4.08. The minimum atomic E-state index is -0.359. The van der Waals surface area contributed by atoms with Crippen LogP contribution in [0.1, 0.15) is 16.8 Å². The van der Waals surface area contributed by atoms with Gasteiger partial charge in [-0.3, -0.25) is 4.79 Å². The number of halogens is 3. The molecule has 1 aromatic rings. The topological polar surface area (TPSA) is 49.3 Å². The van der Waals surface area contributed by atoms with Crippen LogP contribution in [0.4, 0.5) is 0 Å². The first-order chi connectivity index (χ1) is 8.97.